The van der Waals surface area contributed by atoms with Crippen molar-refractivity contribution in [3.8, 4) is 11.1 Å². The smallest absolute Gasteiger partial charge is 0.407 e. The zero-order valence-corrected chi connectivity index (χ0v) is 18.9. The number of nitrogens with zero attached hydrogens (tertiary/aromatic N) is 1. The summed E-state index contributed by atoms with van der Waals surface area (Å²) in [5.41, 5.74) is 3.72. The number of carbonyl (C=O) groups is 3. The van der Waals surface area contributed by atoms with Gasteiger partial charge in [-0.25, -0.2) is 9.59 Å². The molecule has 2 N–H and O–H groups in total. The van der Waals surface area contributed by atoms with Crippen LogP contribution >= 0.6 is 0 Å². The van der Waals surface area contributed by atoms with E-state index < -0.39 is 17.6 Å². The molecule has 1 saturated heterocycles. The number of benzene rings is 2. The maximum absolute atomic E-state index is 13.0. The molecule has 34 heavy (non-hydrogen) atoms. The van der Waals surface area contributed by atoms with Crippen molar-refractivity contribution in [3.05, 3.63) is 59.7 Å². The van der Waals surface area contributed by atoms with E-state index in [0.717, 1.165) is 24.0 Å². The summed E-state index contributed by atoms with van der Waals surface area (Å²) in [5.74, 6) is -1.00. The number of nitrogens with one attached hydrogen (secondary N) is 1. The normalized spacial score (nSPS) is 28.4. The summed E-state index contributed by atoms with van der Waals surface area (Å²) in [7, 11) is 0. The molecule has 0 unspecified atom stereocenters. The lowest BCUT2D eigenvalue weighted by molar-refractivity contribution is -0.155. The molecular weight excluding hydrogens is 432 g/mol. The van der Waals surface area contributed by atoms with E-state index in [-0.39, 0.29) is 36.2 Å². The molecule has 0 radical (unpaired) electrons. The average molecular weight is 461 g/mol. The minimum absolute atomic E-state index is 0.00574. The Morgan fingerprint density at radius 3 is 2.41 bits per heavy atom. The summed E-state index contributed by atoms with van der Waals surface area (Å²) >= 11 is 0. The van der Waals surface area contributed by atoms with Crippen molar-refractivity contribution in [2.45, 2.75) is 37.1 Å². The molecule has 4 aliphatic rings. The zero-order chi connectivity index (χ0) is 23.4. The van der Waals surface area contributed by atoms with E-state index in [4.69, 9.17) is 4.74 Å². The molecule has 3 aliphatic carbocycles. The molecule has 7 nitrogen and oxygen atoms in total. The Balaban J connectivity index is 1.02. The summed E-state index contributed by atoms with van der Waals surface area (Å²) < 4.78 is 5.58. The molecule has 7 heteroatoms. The van der Waals surface area contributed by atoms with E-state index in [0.29, 0.717) is 25.9 Å². The Hall–Kier alpha value is -3.35. The lowest BCUT2D eigenvalue weighted by Gasteiger charge is -2.34. The molecule has 2 aromatic rings. The first-order chi connectivity index (χ1) is 16.5. The van der Waals surface area contributed by atoms with E-state index >= 15 is 0 Å². The van der Waals surface area contributed by atoms with Gasteiger partial charge >= 0.3 is 12.1 Å². The molecule has 1 heterocycles. The molecule has 1 aliphatic heterocycles. The van der Waals surface area contributed by atoms with Crippen molar-refractivity contribution in [2.75, 3.05) is 19.7 Å². The minimum atomic E-state index is -0.970. The topological polar surface area (TPSA) is 95.9 Å². The molecule has 0 aromatic heterocycles. The van der Waals surface area contributed by atoms with E-state index in [1.807, 2.05) is 24.3 Å². The van der Waals surface area contributed by atoms with Crippen molar-refractivity contribution < 1.29 is 24.2 Å². The third kappa shape index (κ3) is 3.29. The van der Waals surface area contributed by atoms with Crippen LogP contribution in [0.1, 0.15) is 42.7 Å². The SMILES string of the molecule is O=C(NC[C@@H]1C[C@@H]1C(=O)N1CCC[C@@H]2C[C@@]21C(=O)O)OCC1c2ccccc2-c2ccccc21. The second-order valence-corrected chi connectivity index (χ2v) is 10.1. The van der Waals surface area contributed by atoms with Gasteiger partial charge in [-0.15, -0.1) is 0 Å². The standard InChI is InChI=1S/C27H28N2O5/c30-24(29-11-5-6-17-13-27(17,29)25(31)32)22-12-16(22)14-28-26(33)34-15-23-20-9-3-1-7-18(20)19-8-2-4-10-21(19)23/h1-4,7-10,16-17,22-23H,5-6,11-15H2,(H,28,33)(H,31,32)/t16-,17+,22-,27-/m0/s1. The Labute approximate surface area is 198 Å². The van der Waals surface area contributed by atoms with Crippen LogP contribution in [0, 0.1) is 17.8 Å². The fourth-order valence-corrected chi connectivity index (χ4v) is 6.21. The van der Waals surface area contributed by atoms with Crippen LogP contribution in [0.4, 0.5) is 4.79 Å². The summed E-state index contributed by atoms with van der Waals surface area (Å²) in [6.45, 7) is 1.14. The highest BCUT2D eigenvalue weighted by Gasteiger charge is 2.68. The van der Waals surface area contributed by atoms with E-state index in [1.54, 1.807) is 4.90 Å². The average Bonchev–Trinajstić information content (AvgIpc) is 3.76. The first-order valence-corrected chi connectivity index (χ1v) is 12.1. The Morgan fingerprint density at radius 2 is 1.74 bits per heavy atom. The quantitative estimate of drug-likeness (QED) is 0.686. The number of hydrogen-bond donors (Lipinski definition) is 2. The fourth-order valence-electron chi connectivity index (χ4n) is 6.21. The van der Waals surface area contributed by atoms with Crippen molar-refractivity contribution in [3.63, 3.8) is 0 Å². The van der Waals surface area contributed by atoms with Gasteiger partial charge in [-0.2, -0.15) is 0 Å². The van der Waals surface area contributed by atoms with Gasteiger partial charge in [0.15, 0.2) is 0 Å². The number of ether oxygens (including phenoxy) is 1. The number of rotatable bonds is 6. The van der Waals surface area contributed by atoms with Crippen LogP contribution in [-0.2, 0) is 14.3 Å². The number of hydrogen-bond acceptors (Lipinski definition) is 4. The first-order valence-electron chi connectivity index (χ1n) is 12.1. The molecule has 176 valence electrons. The summed E-state index contributed by atoms with van der Waals surface area (Å²) in [5, 5.41) is 12.5. The highest BCUT2D eigenvalue weighted by atomic mass is 16.5. The Bertz CT molecular complexity index is 1130. The number of alkyl carbamates (subject to hydrolysis) is 1. The lowest BCUT2D eigenvalue weighted by atomic mass is 9.98. The largest absolute Gasteiger partial charge is 0.479 e. The predicted molar refractivity (Wildman–Crippen MR) is 124 cm³/mol. The number of piperidine rings is 1. The monoisotopic (exact) mass is 460 g/mol. The van der Waals surface area contributed by atoms with Gasteiger partial charge in [0, 0.05) is 24.9 Å². The van der Waals surface area contributed by atoms with Crippen molar-refractivity contribution >= 4 is 18.0 Å². The Morgan fingerprint density at radius 1 is 1.06 bits per heavy atom. The van der Waals surface area contributed by atoms with E-state index in [1.165, 1.54) is 11.1 Å². The molecule has 0 spiro atoms. The van der Waals surface area contributed by atoms with Crippen LogP contribution < -0.4 is 5.32 Å². The van der Waals surface area contributed by atoms with Crippen LogP contribution in [0.5, 0.6) is 0 Å². The van der Waals surface area contributed by atoms with Gasteiger partial charge in [0.05, 0.1) is 0 Å². The molecule has 3 fully saturated rings. The van der Waals surface area contributed by atoms with Gasteiger partial charge in [-0.05, 0) is 59.8 Å². The van der Waals surface area contributed by atoms with Gasteiger partial charge in [-0.1, -0.05) is 48.5 Å². The van der Waals surface area contributed by atoms with Crippen LogP contribution in [0.2, 0.25) is 0 Å². The van der Waals surface area contributed by atoms with Crippen molar-refractivity contribution in [1.82, 2.24) is 10.2 Å². The number of aliphatic carboxylic acids is 1. The van der Waals surface area contributed by atoms with Crippen LogP contribution in [0.25, 0.3) is 11.1 Å². The summed E-state index contributed by atoms with van der Waals surface area (Å²) in [6.07, 6.45) is 2.51. The molecule has 2 aromatic carbocycles. The minimum Gasteiger partial charge on any atom is -0.479 e. The third-order valence-electron chi connectivity index (χ3n) is 8.22. The van der Waals surface area contributed by atoms with Gasteiger partial charge in [-0.3, -0.25) is 4.79 Å². The van der Waals surface area contributed by atoms with Crippen molar-refractivity contribution in [1.29, 1.82) is 0 Å². The first kappa shape index (κ1) is 21.2. The highest BCUT2D eigenvalue weighted by molar-refractivity contribution is 5.92. The third-order valence-corrected chi connectivity index (χ3v) is 8.22. The number of likely N-dealkylation sites (tertiary alicyclic amines) is 1. The summed E-state index contributed by atoms with van der Waals surface area (Å²) in [6, 6.07) is 16.4. The molecule has 0 bridgehead atoms. The fraction of sp³-hybridized carbons (Fsp3) is 0.444. The maximum atomic E-state index is 13.0. The number of carbonyl (C=O) groups excluding carboxylic acids is 2. The van der Waals surface area contributed by atoms with Gasteiger partial charge in [0.1, 0.15) is 12.1 Å². The van der Waals surface area contributed by atoms with E-state index in [9.17, 15) is 19.5 Å². The van der Waals surface area contributed by atoms with Crippen molar-refractivity contribution in [2.24, 2.45) is 17.8 Å². The number of amides is 2. The molecule has 6 rings (SSSR count). The predicted octanol–water partition coefficient (Wildman–Crippen LogP) is 3.63. The van der Waals surface area contributed by atoms with Gasteiger partial charge < -0.3 is 20.1 Å². The number of carboxylic acid groups (broad SMARTS) is 1. The van der Waals surface area contributed by atoms with Gasteiger partial charge in [0.2, 0.25) is 5.91 Å². The summed E-state index contributed by atoms with van der Waals surface area (Å²) in [4.78, 5) is 38.9. The molecular formula is C27H28N2O5. The second kappa shape index (κ2) is 7.86. The van der Waals surface area contributed by atoms with Crippen LogP contribution in [0.15, 0.2) is 48.5 Å². The maximum Gasteiger partial charge on any atom is 0.407 e. The second-order valence-electron chi connectivity index (χ2n) is 10.1. The number of fused-ring (bicyclic) bond motifs is 4. The van der Waals surface area contributed by atoms with Crippen LogP contribution in [-0.4, -0.2) is 53.2 Å². The number of carboxylic acids is 1. The molecule has 2 amide bonds. The zero-order valence-electron chi connectivity index (χ0n) is 18.9. The van der Waals surface area contributed by atoms with Crippen LogP contribution in [0.3, 0.4) is 0 Å². The van der Waals surface area contributed by atoms with Gasteiger partial charge in [0.25, 0.3) is 0 Å². The van der Waals surface area contributed by atoms with E-state index in [2.05, 4.69) is 29.6 Å². The Kier molecular flexibility index (Phi) is 4.90. The highest BCUT2D eigenvalue weighted by Crippen LogP contribution is 2.56. The molecule has 2 saturated carbocycles. The molecule has 4 atom stereocenters. The lowest BCUT2D eigenvalue weighted by Crippen LogP contribution is -2.52.